The highest BCUT2D eigenvalue weighted by Crippen LogP contribution is 2.16. The van der Waals surface area contributed by atoms with Crippen molar-refractivity contribution in [3.05, 3.63) is 35.9 Å². The van der Waals surface area contributed by atoms with E-state index in [2.05, 4.69) is 12.1 Å². The number of hydrogen-bond donors (Lipinski definition) is 2. The summed E-state index contributed by atoms with van der Waals surface area (Å²) < 4.78 is 0. The molecule has 2 unspecified atom stereocenters. The minimum Gasteiger partial charge on any atom is -0.342 e. The monoisotopic (exact) mass is 289 g/mol. The van der Waals surface area contributed by atoms with Gasteiger partial charge in [-0.1, -0.05) is 30.3 Å². The van der Waals surface area contributed by atoms with Crippen LogP contribution in [-0.2, 0) is 11.2 Å². The third kappa shape index (κ3) is 4.83. The fourth-order valence-electron chi connectivity index (χ4n) is 3.04. The van der Waals surface area contributed by atoms with Gasteiger partial charge in [-0.25, -0.2) is 0 Å². The molecule has 21 heavy (non-hydrogen) atoms. The van der Waals surface area contributed by atoms with Crippen molar-refractivity contribution >= 4 is 5.91 Å². The van der Waals surface area contributed by atoms with Gasteiger partial charge in [-0.05, 0) is 37.7 Å². The van der Waals surface area contributed by atoms with Gasteiger partial charge in [0, 0.05) is 25.7 Å². The maximum Gasteiger partial charge on any atom is 0.227 e. The van der Waals surface area contributed by atoms with Gasteiger partial charge in [-0.3, -0.25) is 4.79 Å². The van der Waals surface area contributed by atoms with E-state index in [-0.39, 0.29) is 17.9 Å². The molecule has 1 amide bonds. The van der Waals surface area contributed by atoms with Gasteiger partial charge < -0.3 is 16.4 Å². The molecular formula is C17H27N3O. The summed E-state index contributed by atoms with van der Waals surface area (Å²) in [6.07, 6.45) is 4.91. The molecule has 0 aliphatic carbocycles. The first kappa shape index (κ1) is 16.0. The van der Waals surface area contributed by atoms with E-state index in [9.17, 15) is 4.79 Å². The van der Waals surface area contributed by atoms with Crippen molar-refractivity contribution < 1.29 is 4.79 Å². The van der Waals surface area contributed by atoms with Gasteiger partial charge in [0.2, 0.25) is 5.91 Å². The Morgan fingerprint density at radius 3 is 2.43 bits per heavy atom. The molecule has 2 atom stereocenters. The lowest BCUT2D eigenvalue weighted by Gasteiger charge is -2.31. The number of amides is 1. The van der Waals surface area contributed by atoms with Crippen LogP contribution in [0.1, 0.15) is 31.2 Å². The maximum atomic E-state index is 12.5. The predicted molar refractivity (Wildman–Crippen MR) is 85.7 cm³/mol. The summed E-state index contributed by atoms with van der Waals surface area (Å²) in [4.78, 5) is 14.5. The highest BCUT2D eigenvalue weighted by atomic mass is 16.2. The Bertz CT molecular complexity index is 429. The van der Waals surface area contributed by atoms with E-state index >= 15 is 0 Å². The van der Waals surface area contributed by atoms with Gasteiger partial charge >= 0.3 is 0 Å². The van der Waals surface area contributed by atoms with E-state index in [1.807, 2.05) is 23.1 Å². The molecule has 1 heterocycles. The topological polar surface area (TPSA) is 72.3 Å². The number of rotatable bonds is 6. The van der Waals surface area contributed by atoms with E-state index in [1.54, 1.807) is 0 Å². The SMILES string of the molecule is NCC(CC(N)Cc1ccccc1)C(=O)N1CCCCC1. The lowest BCUT2D eigenvalue weighted by atomic mass is 9.94. The molecule has 1 aromatic rings. The first-order valence-electron chi connectivity index (χ1n) is 7.99. The predicted octanol–water partition coefficient (Wildman–Crippen LogP) is 1.53. The quantitative estimate of drug-likeness (QED) is 0.834. The first-order valence-corrected chi connectivity index (χ1v) is 7.99. The molecule has 4 nitrogen and oxygen atoms in total. The fourth-order valence-corrected chi connectivity index (χ4v) is 3.04. The first-order chi connectivity index (χ1) is 10.2. The summed E-state index contributed by atoms with van der Waals surface area (Å²) in [6.45, 7) is 2.14. The lowest BCUT2D eigenvalue weighted by molar-refractivity contribution is -0.136. The van der Waals surface area contributed by atoms with Crippen molar-refractivity contribution in [1.82, 2.24) is 4.90 Å². The molecule has 0 bridgehead atoms. The number of likely N-dealkylation sites (tertiary alicyclic amines) is 1. The third-order valence-corrected chi connectivity index (χ3v) is 4.23. The van der Waals surface area contributed by atoms with Crippen LogP contribution in [0.2, 0.25) is 0 Å². The van der Waals surface area contributed by atoms with Crippen molar-refractivity contribution in [1.29, 1.82) is 0 Å². The van der Waals surface area contributed by atoms with E-state index in [0.717, 1.165) is 32.4 Å². The summed E-state index contributed by atoms with van der Waals surface area (Å²) in [7, 11) is 0. The second-order valence-electron chi connectivity index (χ2n) is 6.00. The molecule has 1 aromatic carbocycles. The Kier molecular flexibility index (Phi) is 6.21. The van der Waals surface area contributed by atoms with Crippen molar-refractivity contribution in [3.8, 4) is 0 Å². The van der Waals surface area contributed by atoms with Crippen LogP contribution in [0.4, 0.5) is 0 Å². The van der Waals surface area contributed by atoms with Crippen molar-refractivity contribution in [2.24, 2.45) is 17.4 Å². The Balaban J connectivity index is 1.87. The zero-order valence-corrected chi connectivity index (χ0v) is 12.7. The summed E-state index contributed by atoms with van der Waals surface area (Å²) in [5.41, 5.74) is 13.3. The second-order valence-corrected chi connectivity index (χ2v) is 6.00. The second kappa shape index (κ2) is 8.15. The van der Waals surface area contributed by atoms with Gasteiger partial charge in [0.1, 0.15) is 0 Å². The molecule has 1 saturated heterocycles. The number of carbonyl (C=O) groups is 1. The maximum absolute atomic E-state index is 12.5. The van der Waals surface area contributed by atoms with Crippen LogP contribution in [0.15, 0.2) is 30.3 Å². The summed E-state index contributed by atoms with van der Waals surface area (Å²) in [6, 6.07) is 10.2. The minimum atomic E-state index is -0.137. The van der Waals surface area contributed by atoms with Crippen LogP contribution >= 0.6 is 0 Å². The molecule has 1 aliphatic heterocycles. The van der Waals surface area contributed by atoms with E-state index in [1.165, 1.54) is 12.0 Å². The summed E-state index contributed by atoms with van der Waals surface area (Å²) in [5, 5.41) is 0. The molecule has 0 aromatic heterocycles. The van der Waals surface area contributed by atoms with Crippen molar-refractivity contribution in [2.75, 3.05) is 19.6 Å². The van der Waals surface area contributed by atoms with Crippen molar-refractivity contribution in [2.45, 2.75) is 38.1 Å². The molecular weight excluding hydrogens is 262 g/mol. The van der Waals surface area contributed by atoms with Crippen LogP contribution < -0.4 is 11.5 Å². The Hall–Kier alpha value is -1.39. The van der Waals surface area contributed by atoms with Gasteiger partial charge in [0.25, 0.3) is 0 Å². The van der Waals surface area contributed by atoms with Crippen LogP contribution in [0, 0.1) is 5.92 Å². The average Bonchev–Trinajstić information content (AvgIpc) is 2.53. The number of carbonyl (C=O) groups excluding carboxylic acids is 1. The smallest absolute Gasteiger partial charge is 0.227 e. The average molecular weight is 289 g/mol. The van der Waals surface area contributed by atoms with Crippen LogP contribution in [0.3, 0.4) is 0 Å². The minimum absolute atomic E-state index is 0.0188. The Labute approximate surface area is 127 Å². The molecule has 4 N–H and O–H groups in total. The molecule has 1 fully saturated rings. The fraction of sp³-hybridized carbons (Fsp3) is 0.588. The molecule has 4 heteroatoms. The number of piperidine rings is 1. The zero-order chi connectivity index (χ0) is 15.1. The van der Waals surface area contributed by atoms with Crippen LogP contribution in [0.25, 0.3) is 0 Å². The third-order valence-electron chi connectivity index (χ3n) is 4.23. The van der Waals surface area contributed by atoms with Gasteiger partial charge in [-0.15, -0.1) is 0 Å². The standard InChI is InChI=1S/C17H27N3O/c18-13-15(17(21)20-9-5-2-6-10-20)12-16(19)11-14-7-3-1-4-8-14/h1,3-4,7-8,15-16H,2,5-6,9-13,18-19H2. The van der Waals surface area contributed by atoms with E-state index in [0.29, 0.717) is 13.0 Å². The Morgan fingerprint density at radius 2 is 1.81 bits per heavy atom. The van der Waals surface area contributed by atoms with Gasteiger partial charge in [0.05, 0.1) is 5.92 Å². The van der Waals surface area contributed by atoms with Gasteiger partial charge in [-0.2, -0.15) is 0 Å². The highest BCUT2D eigenvalue weighted by molar-refractivity contribution is 5.79. The normalized spacial score (nSPS) is 18.3. The largest absolute Gasteiger partial charge is 0.342 e. The molecule has 2 rings (SSSR count). The number of benzene rings is 1. The molecule has 0 radical (unpaired) electrons. The molecule has 0 spiro atoms. The summed E-state index contributed by atoms with van der Waals surface area (Å²) >= 11 is 0. The molecule has 116 valence electrons. The lowest BCUT2D eigenvalue weighted by Crippen LogP contribution is -2.44. The van der Waals surface area contributed by atoms with Crippen LogP contribution in [-0.4, -0.2) is 36.5 Å². The van der Waals surface area contributed by atoms with Crippen LogP contribution in [0.5, 0.6) is 0 Å². The Morgan fingerprint density at radius 1 is 1.14 bits per heavy atom. The molecule has 0 saturated carbocycles. The van der Waals surface area contributed by atoms with Gasteiger partial charge in [0.15, 0.2) is 0 Å². The zero-order valence-electron chi connectivity index (χ0n) is 12.7. The van der Waals surface area contributed by atoms with E-state index < -0.39 is 0 Å². The number of nitrogens with zero attached hydrogens (tertiary/aromatic N) is 1. The molecule has 1 aliphatic rings. The number of nitrogens with two attached hydrogens (primary N) is 2. The summed E-state index contributed by atoms with van der Waals surface area (Å²) in [5.74, 6) is 0.0579. The highest BCUT2D eigenvalue weighted by Gasteiger charge is 2.26. The van der Waals surface area contributed by atoms with Crippen molar-refractivity contribution in [3.63, 3.8) is 0 Å². The van der Waals surface area contributed by atoms with E-state index in [4.69, 9.17) is 11.5 Å². The number of hydrogen-bond acceptors (Lipinski definition) is 3.